The minimum absolute atomic E-state index is 0.0178. The molecule has 0 aliphatic heterocycles. The lowest BCUT2D eigenvalue weighted by Gasteiger charge is -2.10. The number of hydrogen-bond acceptors (Lipinski definition) is 10. The van der Waals surface area contributed by atoms with E-state index < -0.39 is 51.8 Å². The van der Waals surface area contributed by atoms with Gasteiger partial charge in [-0.1, -0.05) is 0 Å². The Kier molecular flexibility index (Phi) is 6.69. The molecule has 0 fully saturated rings. The average Bonchev–Trinajstić information content (AvgIpc) is 3.12. The van der Waals surface area contributed by atoms with Gasteiger partial charge in [-0.2, -0.15) is 4.68 Å². The van der Waals surface area contributed by atoms with Crippen molar-refractivity contribution >= 4 is 45.6 Å². The molecule has 2 rings (SSSR count). The van der Waals surface area contributed by atoms with E-state index in [1.54, 1.807) is 13.8 Å². The van der Waals surface area contributed by atoms with Crippen LogP contribution in [-0.2, 0) is 16.1 Å². The topological polar surface area (TPSA) is 203 Å². The van der Waals surface area contributed by atoms with Gasteiger partial charge in [0.1, 0.15) is 17.2 Å². The molecule has 0 aliphatic rings. The quantitative estimate of drug-likeness (QED) is 0.338. The molecule has 0 bridgehead atoms. The van der Waals surface area contributed by atoms with Crippen molar-refractivity contribution in [1.29, 1.82) is 0 Å². The maximum absolute atomic E-state index is 12.5. The minimum atomic E-state index is -1.03. The number of hydrogen-bond donors (Lipinski definition) is 2. The van der Waals surface area contributed by atoms with E-state index in [0.29, 0.717) is 0 Å². The Morgan fingerprint density at radius 2 is 1.84 bits per heavy atom. The van der Waals surface area contributed by atoms with Crippen molar-refractivity contribution in [3.05, 3.63) is 41.9 Å². The van der Waals surface area contributed by atoms with Gasteiger partial charge in [0, 0.05) is 0 Å². The van der Waals surface area contributed by atoms with Crippen LogP contribution >= 0.6 is 11.3 Å². The Labute approximate surface area is 178 Å². The number of nitrogens with one attached hydrogen (secondary N) is 1. The van der Waals surface area contributed by atoms with Crippen molar-refractivity contribution < 1.29 is 29.0 Å². The van der Waals surface area contributed by atoms with Gasteiger partial charge in [0.15, 0.2) is 0 Å². The number of nitrogens with two attached hydrogens (primary N) is 1. The molecule has 3 N–H and O–H groups in total. The van der Waals surface area contributed by atoms with Crippen LogP contribution in [0.2, 0.25) is 0 Å². The molecule has 0 atom stereocenters. The number of esters is 1. The fourth-order valence-electron chi connectivity index (χ4n) is 2.67. The minimum Gasteiger partial charge on any atom is -0.459 e. The Morgan fingerprint density at radius 3 is 2.29 bits per heavy atom. The highest BCUT2D eigenvalue weighted by molar-refractivity contribution is 7.18. The molecule has 166 valence electrons. The lowest BCUT2D eigenvalue weighted by Crippen LogP contribution is -2.22. The maximum atomic E-state index is 12.5. The van der Waals surface area contributed by atoms with Gasteiger partial charge in [-0.15, -0.1) is 11.3 Å². The fourth-order valence-corrected chi connectivity index (χ4v) is 3.73. The lowest BCUT2D eigenvalue weighted by molar-refractivity contribution is -0.424. The third kappa shape index (κ3) is 4.82. The van der Waals surface area contributed by atoms with Crippen molar-refractivity contribution in [2.24, 2.45) is 5.73 Å². The highest BCUT2D eigenvalue weighted by Crippen LogP contribution is 2.34. The molecule has 0 saturated carbocycles. The zero-order valence-corrected chi connectivity index (χ0v) is 17.6. The van der Waals surface area contributed by atoms with Crippen LogP contribution in [0.3, 0.4) is 0 Å². The first kappa shape index (κ1) is 23.4. The third-order valence-corrected chi connectivity index (χ3v) is 5.20. The second kappa shape index (κ2) is 8.86. The molecule has 31 heavy (non-hydrogen) atoms. The number of carbonyl (C=O) groups excluding carboxylic acids is 3. The molecule has 2 amide bonds. The number of nitro groups is 2. The van der Waals surface area contributed by atoms with Crippen molar-refractivity contribution in [2.75, 3.05) is 5.32 Å². The lowest BCUT2D eigenvalue weighted by atomic mass is 10.1. The van der Waals surface area contributed by atoms with Gasteiger partial charge < -0.3 is 25.9 Å². The molecular formula is C16H18N6O8S. The van der Waals surface area contributed by atoms with Crippen LogP contribution in [0, 0.1) is 34.1 Å². The number of carbonyl (C=O) groups is 3. The number of amides is 2. The zero-order valence-electron chi connectivity index (χ0n) is 16.8. The first-order valence-electron chi connectivity index (χ1n) is 8.65. The van der Waals surface area contributed by atoms with Gasteiger partial charge in [0.25, 0.3) is 5.91 Å². The fraction of sp³-hybridized carbons (Fsp3) is 0.375. The third-order valence-electron chi connectivity index (χ3n) is 3.98. The number of anilines is 1. The van der Waals surface area contributed by atoms with E-state index in [2.05, 4.69) is 10.4 Å². The number of nitrogens with zero attached hydrogens (tertiary/aromatic N) is 4. The molecule has 2 aromatic heterocycles. The molecule has 0 spiro atoms. The first-order valence-corrected chi connectivity index (χ1v) is 9.46. The van der Waals surface area contributed by atoms with Crippen molar-refractivity contribution in [3.8, 4) is 0 Å². The highest BCUT2D eigenvalue weighted by Gasteiger charge is 2.36. The number of thiophene rings is 1. The number of rotatable bonds is 8. The normalized spacial score (nSPS) is 10.7. The van der Waals surface area contributed by atoms with Gasteiger partial charge in [0.2, 0.25) is 5.91 Å². The molecule has 2 heterocycles. The average molecular weight is 454 g/mol. The molecule has 0 aromatic carbocycles. The summed E-state index contributed by atoms with van der Waals surface area (Å²) < 4.78 is 5.94. The summed E-state index contributed by atoms with van der Waals surface area (Å²) in [5.74, 6) is -3.39. The molecular weight excluding hydrogens is 436 g/mol. The van der Waals surface area contributed by atoms with E-state index in [1.165, 1.54) is 13.8 Å². The Balaban J connectivity index is 2.38. The Hall–Kier alpha value is -3.88. The first-order chi connectivity index (χ1) is 14.3. The number of primary amides is 1. The summed E-state index contributed by atoms with van der Waals surface area (Å²) in [7, 11) is 0. The van der Waals surface area contributed by atoms with Crippen LogP contribution in [0.4, 0.5) is 16.5 Å². The van der Waals surface area contributed by atoms with Crippen molar-refractivity contribution in [2.45, 2.75) is 40.3 Å². The number of aromatic nitrogens is 2. The highest BCUT2D eigenvalue weighted by atomic mass is 32.1. The van der Waals surface area contributed by atoms with E-state index >= 15 is 0 Å². The summed E-state index contributed by atoms with van der Waals surface area (Å²) in [5, 5.41) is 28.0. The van der Waals surface area contributed by atoms with Crippen LogP contribution in [0.15, 0.2) is 0 Å². The summed E-state index contributed by atoms with van der Waals surface area (Å²) in [6, 6.07) is 0. The number of ether oxygens (including phenoxy) is 1. The van der Waals surface area contributed by atoms with Gasteiger partial charge in [-0.25, -0.2) is 4.79 Å². The van der Waals surface area contributed by atoms with Crippen LogP contribution < -0.4 is 11.1 Å². The summed E-state index contributed by atoms with van der Waals surface area (Å²) in [6.07, 6.45) is -0.472. The largest absolute Gasteiger partial charge is 0.468 e. The summed E-state index contributed by atoms with van der Waals surface area (Å²) in [6.45, 7) is 5.28. The van der Waals surface area contributed by atoms with Crippen LogP contribution in [0.25, 0.3) is 0 Å². The standard InChI is InChI=1S/C16H18N6O8S/c1-6(2)30-16(25)10-7(3)12(13(17)24)31-15(10)18-9(23)5-20-8(4)11(21(26)27)14(19-20)22(28)29/h6H,5H2,1-4H3,(H2,17,24)(H,18,23). The molecule has 0 saturated heterocycles. The smallest absolute Gasteiger partial charge is 0.459 e. The second-order valence-corrected chi connectivity index (χ2v) is 7.58. The SMILES string of the molecule is Cc1c(C(N)=O)sc(NC(=O)Cn2nc([N+](=O)[O-])c([N+](=O)[O-])c2C)c1C(=O)OC(C)C. The van der Waals surface area contributed by atoms with Crippen LogP contribution in [0.5, 0.6) is 0 Å². The molecule has 15 heteroatoms. The maximum Gasteiger partial charge on any atom is 0.468 e. The van der Waals surface area contributed by atoms with E-state index in [0.717, 1.165) is 16.0 Å². The van der Waals surface area contributed by atoms with Crippen molar-refractivity contribution in [1.82, 2.24) is 9.78 Å². The van der Waals surface area contributed by atoms with E-state index in [4.69, 9.17) is 10.5 Å². The van der Waals surface area contributed by atoms with E-state index in [-0.39, 0.29) is 26.7 Å². The van der Waals surface area contributed by atoms with Gasteiger partial charge in [-0.3, -0.25) is 19.7 Å². The summed E-state index contributed by atoms with van der Waals surface area (Å²) in [5.41, 5.74) is 4.44. The molecule has 0 unspecified atom stereocenters. The summed E-state index contributed by atoms with van der Waals surface area (Å²) in [4.78, 5) is 56.8. The molecule has 0 aliphatic carbocycles. The molecule has 2 aromatic rings. The van der Waals surface area contributed by atoms with Crippen molar-refractivity contribution in [3.63, 3.8) is 0 Å². The Morgan fingerprint density at radius 1 is 1.23 bits per heavy atom. The van der Waals surface area contributed by atoms with E-state index in [9.17, 15) is 34.6 Å². The predicted octanol–water partition coefficient (Wildman–Crippen LogP) is 1.68. The Bertz CT molecular complexity index is 1100. The predicted molar refractivity (Wildman–Crippen MR) is 107 cm³/mol. The molecule has 0 radical (unpaired) electrons. The van der Waals surface area contributed by atoms with E-state index in [1.807, 2.05) is 0 Å². The summed E-state index contributed by atoms with van der Waals surface area (Å²) >= 11 is 0.757. The second-order valence-electron chi connectivity index (χ2n) is 6.56. The van der Waals surface area contributed by atoms with Gasteiger partial charge >= 0.3 is 17.5 Å². The zero-order chi connectivity index (χ0) is 23.6. The van der Waals surface area contributed by atoms with Crippen LogP contribution in [0.1, 0.15) is 45.1 Å². The van der Waals surface area contributed by atoms with Gasteiger partial charge in [-0.05, 0) is 38.2 Å². The molecule has 14 nitrogen and oxygen atoms in total. The monoisotopic (exact) mass is 454 g/mol. The van der Waals surface area contributed by atoms with Crippen LogP contribution in [-0.4, -0.2) is 43.5 Å². The van der Waals surface area contributed by atoms with Gasteiger partial charge in [0.05, 0.1) is 26.6 Å².